The minimum absolute atomic E-state index is 0.413. The van der Waals surface area contributed by atoms with E-state index in [9.17, 15) is 9.59 Å². The van der Waals surface area contributed by atoms with Gasteiger partial charge in [0.15, 0.2) is 0 Å². The Morgan fingerprint density at radius 3 is 2.38 bits per heavy atom. The quantitative estimate of drug-likeness (QED) is 0.552. The smallest absolute Gasteiger partial charge is 0.471 e. The molecular formula is C11H20O6SSi3. The maximum atomic E-state index is 12.1. The van der Waals surface area contributed by atoms with Crippen molar-refractivity contribution >= 4 is 45.4 Å². The van der Waals surface area contributed by atoms with Crippen molar-refractivity contribution in [3.63, 3.8) is 0 Å². The molecule has 3 atom stereocenters. The first-order chi connectivity index (χ1) is 9.86. The molecule has 1 N–H and O–H groups in total. The maximum Gasteiger partial charge on any atom is 0.546 e. The maximum absolute atomic E-state index is 12.1. The van der Waals surface area contributed by atoms with Crippen molar-refractivity contribution in [2.75, 3.05) is 6.26 Å². The molecule has 0 aliphatic heterocycles. The summed E-state index contributed by atoms with van der Waals surface area (Å²) in [4.78, 5) is 21.7. The van der Waals surface area contributed by atoms with Gasteiger partial charge in [-0.15, -0.1) is 0 Å². The van der Waals surface area contributed by atoms with Gasteiger partial charge in [-0.1, -0.05) is 18.2 Å². The zero-order chi connectivity index (χ0) is 15.9. The highest BCUT2D eigenvalue weighted by atomic mass is 32.2. The highest BCUT2D eigenvalue weighted by Gasteiger charge is 2.43. The summed E-state index contributed by atoms with van der Waals surface area (Å²) >= 11 is 1.20. The van der Waals surface area contributed by atoms with E-state index in [1.54, 1.807) is 43.6 Å². The molecular weight excluding hydrogens is 344 g/mol. The molecule has 0 aliphatic carbocycles. The van der Waals surface area contributed by atoms with Gasteiger partial charge in [0.2, 0.25) is 0 Å². The number of benzene rings is 1. The van der Waals surface area contributed by atoms with E-state index < -0.39 is 33.3 Å². The van der Waals surface area contributed by atoms with Gasteiger partial charge in [0.1, 0.15) is 0 Å². The molecule has 1 aromatic carbocycles. The van der Waals surface area contributed by atoms with Crippen molar-refractivity contribution in [2.45, 2.75) is 19.6 Å². The Balaban J connectivity index is 2.79. The SMILES string of the molecule is CSO[SiH](C)O[Si](C)(OC(=O)c1ccccc1)O[SiH](C)O. The third kappa shape index (κ3) is 6.88. The van der Waals surface area contributed by atoms with Gasteiger partial charge in [0, 0.05) is 12.8 Å². The average Bonchev–Trinajstić information content (AvgIpc) is 2.38. The third-order valence-corrected chi connectivity index (χ3v) is 10.8. The lowest BCUT2D eigenvalue weighted by Crippen LogP contribution is -2.51. The molecule has 21 heavy (non-hydrogen) atoms. The lowest BCUT2D eigenvalue weighted by molar-refractivity contribution is 0.0617. The molecule has 0 spiro atoms. The van der Waals surface area contributed by atoms with E-state index in [0.717, 1.165) is 0 Å². The fourth-order valence-electron chi connectivity index (χ4n) is 1.64. The van der Waals surface area contributed by atoms with E-state index in [0.29, 0.717) is 5.56 Å². The molecule has 1 rings (SSSR count). The Bertz CT molecular complexity index is 449. The summed E-state index contributed by atoms with van der Waals surface area (Å²) in [5.41, 5.74) is 0.413. The monoisotopic (exact) mass is 364 g/mol. The molecule has 3 unspecified atom stereocenters. The molecule has 0 amide bonds. The molecule has 0 aliphatic rings. The summed E-state index contributed by atoms with van der Waals surface area (Å²) in [5.74, 6) is -0.523. The van der Waals surface area contributed by atoms with E-state index >= 15 is 0 Å². The molecule has 0 radical (unpaired) electrons. The summed E-state index contributed by atoms with van der Waals surface area (Å²) in [6.07, 6.45) is 1.78. The van der Waals surface area contributed by atoms with Crippen LogP contribution in [0.25, 0.3) is 0 Å². The van der Waals surface area contributed by atoms with Gasteiger partial charge in [0.25, 0.3) is 0 Å². The van der Waals surface area contributed by atoms with Gasteiger partial charge < -0.3 is 21.3 Å². The van der Waals surface area contributed by atoms with E-state index in [1.165, 1.54) is 12.0 Å². The van der Waals surface area contributed by atoms with E-state index in [-0.39, 0.29) is 0 Å². The molecule has 0 heterocycles. The first-order valence-electron chi connectivity index (χ1n) is 6.38. The second-order valence-electron chi connectivity index (χ2n) is 4.28. The Morgan fingerprint density at radius 1 is 1.24 bits per heavy atom. The van der Waals surface area contributed by atoms with Crippen molar-refractivity contribution in [2.24, 2.45) is 0 Å². The minimum Gasteiger partial charge on any atom is -0.471 e. The first kappa shape index (κ1) is 18.6. The Hall–Kier alpha value is -0.469. The Morgan fingerprint density at radius 2 is 1.86 bits per heavy atom. The fourth-order valence-corrected chi connectivity index (χ4v) is 9.69. The van der Waals surface area contributed by atoms with Crippen molar-refractivity contribution < 1.29 is 26.1 Å². The highest BCUT2D eigenvalue weighted by molar-refractivity contribution is 7.94. The summed E-state index contributed by atoms with van der Waals surface area (Å²) in [6.45, 7) is 4.98. The molecule has 0 fully saturated rings. The van der Waals surface area contributed by atoms with Crippen LogP contribution < -0.4 is 0 Å². The van der Waals surface area contributed by atoms with Crippen molar-refractivity contribution in [1.29, 1.82) is 0 Å². The van der Waals surface area contributed by atoms with Gasteiger partial charge in [-0.3, -0.25) is 0 Å². The molecule has 118 valence electrons. The normalized spacial score (nSPS) is 16.8. The second-order valence-corrected chi connectivity index (χ2v) is 11.5. The Kier molecular flexibility index (Phi) is 7.83. The van der Waals surface area contributed by atoms with Crippen LogP contribution in [-0.4, -0.2) is 44.4 Å². The van der Waals surface area contributed by atoms with Gasteiger partial charge in [0.05, 0.1) is 5.56 Å². The zero-order valence-corrected chi connectivity index (χ0v) is 16.6. The number of rotatable bonds is 8. The predicted octanol–water partition coefficient (Wildman–Crippen LogP) is 1.43. The Labute approximate surface area is 133 Å². The van der Waals surface area contributed by atoms with Gasteiger partial charge in [-0.05, 0) is 37.3 Å². The molecule has 0 saturated heterocycles. The van der Waals surface area contributed by atoms with Crippen molar-refractivity contribution in [1.82, 2.24) is 0 Å². The third-order valence-electron chi connectivity index (χ3n) is 2.28. The van der Waals surface area contributed by atoms with Crippen LogP contribution in [0.15, 0.2) is 30.3 Å². The summed E-state index contributed by atoms with van der Waals surface area (Å²) in [6, 6.07) is 8.60. The lowest BCUT2D eigenvalue weighted by atomic mass is 10.2. The summed E-state index contributed by atoms with van der Waals surface area (Å²) < 4.78 is 22.0. The zero-order valence-electron chi connectivity index (χ0n) is 12.4. The molecule has 0 bridgehead atoms. The first-order valence-corrected chi connectivity index (χ1v) is 14.0. The number of hydrogen-bond acceptors (Lipinski definition) is 7. The summed E-state index contributed by atoms with van der Waals surface area (Å²) in [7, 11) is -7.69. The van der Waals surface area contributed by atoms with Crippen LogP contribution in [0.3, 0.4) is 0 Å². The lowest BCUT2D eigenvalue weighted by Gasteiger charge is -2.29. The predicted molar refractivity (Wildman–Crippen MR) is 88.5 cm³/mol. The van der Waals surface area contributed by atoms with Gasteiger partial charge in [-0.2, -0.15) is 0 Å². The minimum atomic E-state index is -3.27. The van der Waals surface area contributed by atoms with E-state index in [2.05, 4.69) is 0 Å². The largest absolute Gasteiger partial charge is 0.546 e. The number of carbonyl (C=O) groups excluding carboxylic acids is 1. The molecule has 0 saturated carbocycles. The van der Waals surface area contributed by atoms with Crippen molar-refractivity contribution in [3.05, 3.63) is 35.9 Å². The van der Waals surface area contributed by atoms with E-state index in [1.807, 2.05) is 12.6 Å². The molecule has 0 aromatic heterocycles. The van der Waals surface area contributed by atoms with Crippen LogP contribution in [0.5, 0.6) is 0 Å². The standard InChI is InChI=1S/C11H20O6SSi3/c1-18-15-20(3)17-21(4,16-19(2)13)14-11(12)10-8-6-5-7-9-10/h5-9,13,19-20H,1-4H3. The average molecular weight is 365 g/mol. The van der Waals surface area contributed by atoms with Crippen LogP contribution in [0, 0.1) is 0 Å². The van der Waals surface area contributed by atoms with Crippen LogP contribution in [0.2, 0.25) is 19.6 Å². The number of hydrogen-bond donors (Lipinski definition) is 1. The highest BCUT2D eigenvalue weighted by Crippen LogP contribution is 2.17. The van der Waals surface area contributed by atoms with Crippen LogP contribution in [0.1, 0.15) is 10.4 Å². The second kappa shape index (κ2) is 8.85. The topological polar surface area (TPSA) is 74.2 Å². The van der Waals surface area contributed by atoms with Crippen LogP contribution in [-0.2, 0) is 16.5 Å². The van der Waals surface area contributed by atoms with Crippen LogP contribution in [0.4, 0.5) is 0 Å². The fraction of sp³-hybridized carbons (Fsp3) is 0.364. The molecule has 6 nitrogen and oxygen atoms in total. The molecule has 1 aromatic rings. The van der Waals surface area contributed by atoms with Crippen LogP contribution >= 0.6 is 12.0 Å². The van der Waals surface area contributed by atoms with Gasteiger partial charge in [-0.25, -0.2) is 4.79 Å². The van der Waals surface area contributed by atoms with Gasteiger partial charge >= 0.3 is 33.3 Å². The molecule has 10 heteroatoms. The van der Waals surface area contributed by atoms with E-state index in [4.69, 9.17) is 16.5 Å². The summed E-state index contributed by atoms with van der Waals surface area (Å²) in [5, 5.41) is 0. The number of carbonyl (C=O) groups is 1. The van der Waals surface area contributed by atoms with Crippen molar-refractivity contribution in [3.8, 4) is 0 Å².